The molecule has 0 bridgehead atoms. The van der Waals surface area contributed by atoms with E-state index < -0.39 is 11.8 Å². The number of aryl methyl sites for hydroxylation is 1. The number of hydrogen-bond acceptors (Lipinski definition) is 4. The summed E-state index contributed by atoms with van der Waals surface area (Å²) in [5.74, 6) is -3.04. The second-order valence-corrected chi connectivity index (χ2v) is 10.3. The van der Waals surface area contributed by atoms with Gasteiger partial charge in [0.05, 0.1) is 11.7 Å². The number of likely N-dealkylation sites (N-methyl/N-ethyl adjacent to an activating group) is 1. The summed E-state index contributed by atoms with van der Waals surface area (Å²) in [6, 6.07) is 9.22. The van der Waals surface area contributed by atoms with Gasteiger partial charge in [-0.2, -0.15) is 5.10 Å². The minimum Gasteiger partial charge on any atom is -0.362 e. The molecular weight excluding hydrogens is 430 g/mol. The summed E-state index contributed by atoms with van der Waals surface area (Å²) >= 11 is 0. The minimum absolute atomic E-state index is 0.0775. The van der Waals surface area contributed by atoms with Crippen LogP contribution in [0.15, 0.2) is 42.6 Å². The van der Waals surface area contributed by atoms with Gasteiger partial charge in [-0.15, -0.1) is 5.10 Å². The molecule has 1 unspecified atom stereocenters. The van der Waals surface area contributed by atoms with Crippen LogP contribution in [-0.4, -0.2) is 17.2 Å². The SMILES string of the molecule is C=C1N(C)c2cc3c(NC(C)c4cccc(C(F)(F)C(C)C)c4C)nnc(C)c3cc2C1(C)C. The van der Waals surface area contributed by atoms with Crippen LogP contribution in [0.3, 0.4) is 0 Å². The fraction of sp³-hybridized carbons (Fsp3) is 0.429. The van der Waals surface area contributed by atoms with Crippen LogP contribution in [0.1, 0.15) is 68.6 Å². The third-order valence-electron chi connectivity index (χ3n) is 7.52. The fourth-order valence-corrected chi connectivity index (χ4v) is 5.00. The molecule has 0 radical (unpaired) electrons. The van der Waals surface area contributed by atoms with Gasteiger partial charge in [0.25, 0.3) is 5.92 Å². The molecule has 34 heavy (non-hydrogen) atoms. The topological polar surface area (TPSA) is 41.0 Å². The summed E-state index contributed by atoms with van der Waals surface area (Å²) in [6.07, 6.45) is 0. The number of halogens is 2. The van der Waals surface area contributed by atoms with Crippen LogP contribution >= 0.6 is 0 Å². The van der Waals surface area contributed by atoms with Crippen molar-refractivity contribution in [2.75, 3.05) is 17.3 Å². The second kappa shape index (κ2) is 8.03. The van der Waals surface area contributed by atoms with Crippen molar-refractivity contribution >= 4 is 22.3 Å². The lowest BCUT2D eigenvalue weighted by atomic mass is 9.83. The Morgan fingerprint density at radius 2 is 1.74 bits per heavy atom. The van der Waals surface area contributed by atoms with Crippen molar-refractivity contribution in [2.45, 2.75) is 65.8 Å². The van der Waals surface area contributed by atoms with Gasteiger partial charge in [-0.1, -0.05) is 52.5 Å². The highest BCUT2D eigenvalue weighted by Crippen LogP contribution is 2.48. The van der Waals surface area contributed by atoms with Crippen LogP contribution < -0.4 is 10.2 Å². The van der Waals surface area contributed by atoms with E-state index >= 15 is 0 Å². The average molecular weight is 465 g/mol. The smallest absolute Gasteiger partial charge is 0.275 e. The molecule has 3 aromatic rings. The van der Waals surface area contributed by atoms with Gasteiger partial charge in [0.2, 0.25) is 0 Å². The molecule has 1 atom stereocenters. The Kier molecular flexibility index (Phi) is 5.70. The number of anilines is 2. The van der Waals surface area contributed by atoms with Crippen LogP contribution in [0.2, 0.25) is 0 Å². The first kappa shape index (κ1) is 24.1. The Morgan fingerprint density at radius 1 is 1.06 bits per heavy atom. The van der Waals surface area contributed by atoms with E-state index in [1.807, 2.05) is 27.0 Å². The maximum atomic E-state index is 14.9. The van der Waals surface area contributed by atoms with Gasteiger partial charge in [-0.3, -0.25) is 0 Å². The van der Waals surface area contributed by atoms with Gasteiger partial charge in [-0.05, 0) is 49.6 Å². The molecule has 2 heterocycles. The molecule has 0 amide bonds. The fourth-order valence-electron chi connectivity index (χ4n) is 5.00. The second-order valence-electron chi connectivity index (χ2n) is 10.3. The van der Waals surface area contributed by atoms with Crippen molar-refractivity contribution in [3.05, 3.63) is 70.6 Å². The first-order valence-electron chi connectivity index (χ1n) is 11.8. The van der Waals surface area contributed by atoms with E-state index in [1.165, 1.54) is 11.6 Å². The summed E-state index contributed by atoms with van der Waals surface area (Å²) < 4.78 is 29.7. The Labute approximate surface area is 201 Å². The zero-order chi connectivity index (χ0) is 25.2. The molecule has 180 valence electrons. The summed E-state index contributed by atoms with van der Waals surface area (Å²) in [7, 11) is 2.03. The van der Waals surface area contributed by atoms with Gasteiger partial charge in [0, 0.05) is 46.1 Å². The molecule has 4 rings (SSSR count). The summed E-state index contributed by atoms with van der Waals surface area (Å²) in [5.41, 5.74) is 5.52. The zero-order valence-corrected chi connectivity index (χ0v) is 21.3. The normalized spacial score (nSPS) is 16.3. The van der Waals surface area contributed by atoms with E-state index in [4.69, 9.17) is 0 Å². The quantitative estimate of drug-likeness (QED) is 0.427. The molecular formula is C28H34F2N4. The highest BCUT2D eigenvalue weighted by atomic mass is 19.3. The molecule has 4 nitrogen and oxygen atoms in total. The number of rotatable bonds is 5. The van der Waals surface area contributed by atoms with Crippen LogP contribution in [0.4, 0.5) is 20.3 Å². The van der Waals surface area contributed by atoms with E-state index in [-0.39, 0.29) is 17.0 Å². The predicted octanol–water partition coefficient (Wildman–Crippen LogP) is 7.41. The van der Waals surface area contributed by atoms with Gasteiger partial charge in [0.1, 0.15) is 0 Å². The molecule has 0 saturated heterocycles. The average Bonchev–Trinajstić information content (AvgIpc) is 2.94. The minimum atomic E-state index is -2.89. The first-order valence-corrected chi connectivity index (χ1v) is 11.8. The molecule has 1 aromatic heterocycles. The lowest BCUT2D eigenvalue weighted by Gasteiger charge is -2.26. The van der Waals surface area contributed by atoms with Gasteiger partial charge < -0.3 is 10.2 Å². The number of nitrogens with zero attached hydrogens (tertiary/aromatic N) is 3. The van der Waals surface area contributed by atoms with Crippen LogP contribution in [0, 0.1) is 19.8 Å². The van der Waals surface area contributed by atoms with E-state index in [0.29, 0.717) is 11.4 Å². The number of aromatic nitrogens is 2. The largest absolute Gasteiger partial charge is 0.362 e. The number of allylic oxidation sites excluding steroid dienone is 1. The van der Waals surface area contributed by atoms with Crippen molar-refractivity contribution in [3.63, 3.8) is 0 Å². The van der Waals surface area contributed by atoms with E-state index in [2.05, 4.69) is 53.0 Å². The maximum absolute atomic E-state index is 14.9. The number of benzene rings is 2. The van der Waals surface area contributed by atoms with Crippen molar-refractivity contribution in [2.24, 2.45) is 5.92 Å². The van der Waals surface area contributed by atoms with E-state index in [1.54, 1.807) is 26.8 Å². The molecule has 1 aliphatic heterocycles. The standard InChI is InChI=1S/C28H34F2N4/c1-15(2)28(29,30)23-12-10-11-20(16(23)3)17(4)31-26-22-14-25-24(13-21(22)18(5)32-33-26)27(7,8)19(6)34(25)9/h10-15,17H,6H2,1-5,7-9H3,(H,31,33). The number of fused-ring (bicyclic) bond motifs is 2. The lowest BCUT2D eigenvalue weighted by molar-refractivity contribution is -0.0520. The third kappa shape index (κ3) is 3.55. The Balaban J connectivity index is 1.79. The number of hydrogen-bond donors (Lipinski definition) is 1. The molecule has 0 saturated carbocycles. The first-order chi connectivity index (χ1) is 15.8. The molecule has 1 N–H and O–H groups in total. The van der Waals surface area contributed by atoms with Crippen LogP contribution in [0.5, 0.6) is 0 Å². The van der Waals surface area contributed by atoms with Crippen molar-refractivity contribution < 1.29 is 8.78 Å². The summed E-state index contributed by atoms with van der Waals surface area (Å²) in [5, 5.41) is 14.3. The van der Waals surface area contributed by atoms with Gasteiger partial charge >= 0.3 is 0 Å². The molecule has 2 aromatic carbocycles. The van der Waals surface area contributed by atoms with Crippen molar-refractivity contribution in [3.8, 4) is 0 Å². The zero-order valence-electron chi connectivity index (χ0n) is 21.3. The molecule has 0 spiro atoms. The Bertz CT molecular complexity index is 1290. The number of nitrogens with one attached hydrogen (secondary N) is 1. The third-order valence-corrected chi connectivity index (χ3v) is 7.52. The van der Waals surface area contributed by atoms with Crippen LogP contribution in [0.25, 0.3) is 10.8 Å². The highest BCUT2D eigenvalue weighted by molar-refractivity contribution is 5.98. The molecule has 1 aliphatic rings. The van der Waals surface area contributed by atoms with Gasteiger partial charge in [0.15, 0.2) is 5.82 Å². The van der Waals surface area contributed by atoms with Crippen LogP contribution in [-0.2, 0) is 11.3 Å². The van der Waals surface area contributed by atoms with Gasteiger partial charge in [-0.25, -0.2) is 8.78 Å². The van der Waals surface area contributed by atoms with Crippen molar-refractivity contribution in [1.82, 2.24) is 10.2 Å². The van der Waals surface area contributed by atoms with E-state index in [9.17, 15) is 8.78 Å². The predicted molar refractivity (Wildman–Crippen MR) is 137 cm³/mol. The molecule has 0 fully saturated rings. The highest BCUT2D eigenvalue weighted by Gasteiger charge is 2.39. The monoisotopic (exact) mass is 464 g/mol. The Morgan fingerprint density at radius 3 is 2.38 bits per heavy atom. The number of alkyl halides is 2. The lowest BCUT2D eigenvalue weighted by Crippen LogP contribution is -2.23. The van der Waals surface area contributed by atoms with Crippen molar-refractivity contribution in [1.29, 1.82) is 0 Å². The summed E-state index contributed by atoms with van der Waals surface area (Å²) in [4.78, 5) is 2.12. The maximum Gasteiger partial charge on any atom is 0.275 e. The molecule has 6 heteroatoms. The van der Waals surface area contributed by atoms with E-state index in [0.717, 1.165) is 33.4 Å². The summed E-state index contributed by atoms with van der Waals surface area (Å²) in [6.45, 7) is 17.4. The molecule has 0 aliphatic carbocycles. The Hall–Kier alpha value is -3.02.